The van der Waals surface area contributed by atoms with Gasteiger partial charge < -0.3 is 4.74 Å². The molecule has 1 aromatic carbocycles. The van der Waals surface area contributed by atoms with Gasteiger partial charge in [0.25, 0.3) is 17.7 Å². The van der Waals surface area contributed by atoms with E-state index in [4.69, 9.17) is 4.74 Å². The Balaban J connectivity index is 1.52. The second-order valence-corrected chi connectivity index (χ2v) is 6.18. The zero-order chi connectivity index (χ0) is 16.1. The number of hydrogen-bond acceptors (Lipinski definition) is 4. The summed E-state index contributed by atoms with van der Waals surface area (Å²) in [5.41, 5.74) is 2.82. The smallest absolute Gasteiger partial charge is 0.270 e. The lowest BCUT2D eigenvalue weighted by Gasteiger charge is -2.18. The molecule has 2 fully saturated rings. The third kappa shape index (κ3) is 1.98. The van der Waals surface area contributed by atoms with Crippen molar-refractivity contribution in [2.24, 2.45) is 23.7 Å². The number of hydrazine groups is 1. The summed E-state index contributed by atoms with van der Waals surface area (Å²) in [6.45, 7) is 0. The molecule has 2 bridgehead atoms. The average Bonchev–Trinajstić information content (AvgIpc) is 3.24. The van der Waals surface area contributed by atoms with Crippen LogP contribution in [0, 0.1) is 23.7 Å². The highest BCUT2D eigenvalue weighted by molar-refractivity contribution is 6.08. The fourth-order valence-corrected chi connectivity index (χ4v) is 3.92. The number of fused-ring (bicyclic) bond motifs is 5. The van der Waals surface area contributed by atoms with E-state index >= 15 is 0 Å². The van der Waals surface area contributed by atoms with Crippen molar-refractivity contribution in [3.8, 4) is 5.75 Å². The van der Waals surface area contributed by atoms with E-state index in [9.17, 15) is 14.4 Å². The molecule has 6 nitrogen and oxygen atoms in total. The molecule has 1 N–H and O–H groups in total. The first kappa shape index (κ1) is 14.0. The maximum absolute atomic E-state index is 12.5. The van der Waals surface area contributed by atoms with Crippen LogP contribution in [0.25, 0.3) is 0 Å². The Kier molecular flexibility index (Phi) is 3.01. The Hall–Kier alpha value is -2.63. The van der Waals surface area contributed by atoms with Crippen LogP contribution in [0.15, 0.2) is 36.4 Å². The van der Waals surface area contributed by atoms with Crippen molar-refractivity contribution in [1.29, 1.82) is 0 Å². The number of carbonyl (C=O) groups is 3. The Morgan fingerprint density at radius 1 is 1.09 bits per heavy atom. The molecule has 4 rings (SSSR count). The summed E-state index contributed by atoms with van der Waals surface area (Å²) < 4.78 is 5.04. The third-order valence-electron chi connectivity index (χ3n) is 5.04. The van der Waals surface area contributed by atoms with Gasteiger partial charge in [0.1, 0.15) is 5.75 Å². The number of benzene rings is 1. The molecule has 1 aliphatic heterocycles. The molecule has 3 amide bonds. The monoisotopic (exact) mass is 312 g/mol. The van der Waals surface area contributed by atoms with Gasteiger partial charge in [-0.25, -0.2) is 0 Å². The molecule has 4 atom stereocenters. The molecule has 0 radical (unpaired) electrons. The zero-order valence-corrected chi connectivity index (χ0v) is 12.6. The minimum absolute atomic E-state index is 0.129. The molecular weight excluding hydrogens is 296 g/mol. The van der Waals surface area contributed by atoms with Crippen LogP contribution >= 0.6 is 0 Å². The number of allylic oxidation sites excluding steroid dienone is 2. The fourth-order valence-electron chi connectivity index (χ4n) is 3.92. The Bertz CT molecular complexity index is 695. The first-order valence-corrected chi connectivity index (χ1v) is 7.61. The van der Waals surface area contributed by atoms with Gasteiger partial charge in [0.05, 0.1) is 18.9 Å². The Morgan fingerprint density at radius 2 is 1.65 bits per heavy atom. The quantitative estimate of drug-likeness (QED) is 0.671. The molecule has 0 aromatic heterocycles. The SMILES string of the molecule is COc1ccc(C(=O)NN2C(=O)[C@@H]3[C@@H](C2=O)[C@@H]2C=C[C@@H]3C2)cc1. The summed E-state index contributed by atoms with van der Waals surface area (Å²) in [5.74, 6) is -0.796. The second-order valence-electron chi connectivity index (χ2n) is 6.18. The number of imide groups is 1. The van der Waals surface area contributed by atoms with Crippen molar-refractivity contribution in [3.05, 3.63) is 42.0 Å². The van der Waals surface area contributed by atoms with Gasteiger partial charge in [0.2, 0.25) is 0 Å². The number of methoxy groups -OCH3 is 1. The lowest BCUT2D eigenvalue weighted by Crippen LogP contribution is -2.47. The molecule has 6 heteroatoms. The molecular formula is C17H16N2O4. The maximum atomic E-state index is 12.5. The summed E-state index contributed by atoms with van der Waals surface area (Å²) in [6, 6.07) is 6.49. The van der Waals surface area contributed by atoms with Crippen LogP contribution in [0.5, 0.6) is 5.75 Å². The van der Waals surface area contributed by atoms with E-state index < -0.39 is 5.91 Å². The number of rotatable bonds is 3. The standard InChI is InChI=1S/C17H16N2O4/c1-23-12-6-4-9(5-7-12)15(20)18-19-16(21)13-10-2-3-11(8-10)14(13)17(19)22/h2-7,10-11,13-14H,8H2,1H3,(H,18,20)/t10-,11-,13+,14+/m1/s1. The summed E-state index contributed by atoms with van der Waals surface area (Å²) in [5, 5.41) is 0.911. The van der Waals surface area contributed by atoms with Gasteiger partial charge in [-0.15, -0.1) is 0 Å². The second kappa shape index (κ2) is 4.94. The van der Waals surface area contributed by atoms with Crippen LogP contribution in [0.2, 0.25) is 0 Å². The number of nitrogens with zero attached hydrogens (tertiary/aromatic N) is 1. The topological polar surface area (TPSA) is 75.7 Å². The van der Waals surface area contributed by atoms with Crippen molar-refractivity contribution in [1.82, 2.24) is 10.4 Å². The summed E-state index contributed by atoms with van der Waals surface area (Å²) >= 11 is 0. The largest absolute Gasteiger partial charge is 0.497 e. The van der Waals surface area contributed by atoms with Crippen molar-refractivity contribution in [2.75, 3.05) is 7.11 Å². The van der Waals surface area contributed by atoms with Crippen LogP contribution in [-0.4, -0.2) is 29.8 Å². The van der Waals surface area contributed by atoms with Gasteiger partial charge in [0, 0.05) is 5.56 Å². The number of nitrogens with one attached hydrogen (secondary N) is 1. The highest BCUT2D eigenvalue weighted by Gasteiger charge is 2.59. The van der Waals surface area contributed by atoms with E-state index in [2.05, 4.69) is 5.43 Å². The van der Waals surface area contributed by atoms with Crippen LogP contribution in [0.4, 0.5) is 0 Å². The van der Waals surface area contributed by atoms with Gasteiger partial charge in [-0.05, 0) is 42.5 Å². The lowest BCUT2D eigenvalue weighted by atomic mass is 9.85. The van der Waals surface area contributed by atoms with E-state index in [0.717, 1.165) is 11.4 Å². The molecule has 3 aliphatic rings. The molecule has 1 saturated heterocycles. The Labute approximate surface area is 133 Å². The molecule has 23 heavy (non-hydrogen) atoms. The van der Waals surface area contributed by atoms with Gasteiger partial charge in [-0.3, -0.25) is 19.8 Å². The van der Waals surface area contributed by atoms with Crippen molar-refractivity contribution in [3.63, 3.8) is 0 Å². The molecule has 0 spiro atoms. The molecule has 118 valence electrons. The molecule has 1 aromatic rings. The average molecular weight is 312 g/mol. The minimum atomic E-state index is -0.477. The predicted molar refractivity (Wildman–Crippen MR) is 80.0 cm³/mol. The molecule has 0 unspecified atom stereocenters. The van der Waals surface area contributed by atoms with E-state index in [1.54, 1.807) is 24.3 Å². The van der Waals surface area contributed by atoms with Gasteiger partial charge >= 0.3 is 0 Å². The number of ether oxygens (including phenoxy) is 1. The summed E-state index contributed by atoms with van der Waals surface area (Å²) in [4.78, 5) is 37.3. The highest BCUT2D eigenvalue weighted by atomic mass is 16.5. The van der Waals surface area contributed by atoms with Crippen LogP contribution in [0.1, 0.15) is 16.8 Å². The van der Waals surface area contributed by atoms with Gasteiger partial charge in [-0.2, -0.15) is 5.01 Å². The van der Waals surface area contributed by atoms with E-state index in [1.165, 1.54) is 7.11 Å². The normalized spacial score (nSPS) is 30.7. The third-order valence-corrected chi connectivity index (χ3v) is 5.04. The van der Waals surface area contributed by atoms with Gasteiger partial charge in [-0.1, -0.05) is 12.2 Å². The van der Waals surface area contributed by atoms with Crippen LogP contribution in [0.3, 0.4) is 0 Å². The van der Waals surface area contributed by atoms with E-state index in [0.29, 0.717) is 11.3 Å². The van der Waals surface area contributed by atoms with E-state index in [1.807, 2.05) is 12.2 Å². The maximum Gasteiger partial charge on any atom is 0.270 e. The molecule has 1 heterocycles. The molecule has 1 saturated carbocycles. The van der Waals surface area contributed by atoms with Crippen molar-refractivity contribution in [2.45, 2.75) is 6.42 Å². The zero-order valence-electron chi connectivity index (χ0n) is 12.6. The van der Waals surface area contributed by atoms with Crippen molar-refractivity contribution < 1.29 is 19.1 Å². The van der Waals surface area contributed by atoms with Crippen LogP contribution < -0.4 is 10.2 Å². The highest BCUT2D eigenvalue weighted by Crippen LogP contribution is 2.52. The van der Waals surface area contributed by atoms with Crippen LogP contribution in [-0.2, 0) is 9.59 Å². The number of carbonyl (C=O) groups excluding carboxylic acids is 3. The Morgan fingerprint density at radius 3 is 2.17 bits per heavy atom. The lowest BCUT2D eigenvalue weighted by molar-refractivity contribution is -0.143. The fraction of sp³-hybridized carbons (Fsp3) is 0.353. The number of hydrogen-bond donors (Lipinski definition) is 1. The number of amides is 3. The first-order chi connectivity index (χ1) is 11.1. The molecule has 2 aliphatic carbocycles. The summed E-state index contributed by atoms with van der Waals surface area (Å²) in [6.07, 6.45) is 4.91. The van der Waals surface area contributed by atoms with E-state index in [-0.39, 0.29) is 35.5 Å². The summed E-state index contributed by atoms with van der Waals surface area (Å²) in [7, 11) is 1.54. The minimum Gasteiger partial charge on any atom is -0.497 e. The van der Waals surface area contributed by atoms with Crippen molar-refractivity contribution >= 4 is 17.7 Å². The first-order valence-electron chi connectivity index (χ1n) is 7.61. The van der Waals surface area contributed by atoms with Gasteiger partial charge in [0.15, 0.2) is 0 Å². The predicted octanol–water partition coefficient (Wildman–Crippen LogP) is 1.15.